The van der Waals surface area contributed by atoms with Gasteiger partial charge in [-0.15, -0.1) is 0 Å². The normalized spacial score (nSPS) is 15.2. The minimum atomic E-state index is -0.681. The third-order valence-electron chi connectivity index (χ3n) is 4.10. The summed E-state index contributed by atoms with van der Waals surface area (Å²) in [5.41, 5.74) is 5.98. The highest BCUT2D eigenvalue weighted by atomic mass is 19.1. The van der Waals surface area contributed by atoms with Gasteiger partial charge in [0.2, 0.25) is 11.8 Å². The molecule has 7 heteroatoms. The summed E-state index contributed by atoms with van der Waals surface area (Å²) in [6.07, 6.45) is 1.68. The summed E-state index contributed by atoms with van der Waals surface area (Å²) in [6.45, 7) is 3.51. The Morgan fingerprint density at radius 1 is 1.33 bits per heavy atom. The molecule has 2 rings (SSSR count). The molecule has 5 nitrogen and oxygen atoms in total. The van der Waals surface area contributed by atoms with E-state index in [1.54, 1.807) is 0 Å². The second kappa shape index (κ2) is 7.70. The van der Waals surface area contributed by atoms with Crippen LogP contribution in [0.1, 0.15) is 32.3 Å². The fourth-order valence-corrected chi connectivity index (χ4v) is 2.33. The zero-order chi connectivity index (χ0) is 17.9. The predicted octanol–water partition coefficient (Wildman–Crippen LogP) is 1.56. The number of nitrogens with zero attached hydrogens (tertiary/aromatic N) is 1. The van der Waals surface area contributed by atoms with E-state index in [1.807, 2.05) is 13.8 Å². The second-order valence-corrected chi connectivity index (χ2v) is 6.48. The number of carbonyl (C=O) groups is 2. The lowest BCUT2D eigenvalue weighted by Crippen LogP contribution is -2.48. The lowest BCUT2D eigenvalue weighted by molar-refractivity contribution is -0.134. The van der Waals surface area contributed by atoms with Crippen molar-refractivity contribution in [1.82, 2.24) is 10.2 Å². The number of nitrogens with two attached hydrogens (primary N) is 1. The Balaban J connectivity index is 1.97. The molecule has 0 unspecified atom stereocenters. The molecule has 1 aliphatic rings. The van der Waals surface area contributed by atoms with Gasteiger partial charge < -0.3 is 16.0 Å². The van der Waals surface area contributed by atoms with E-state index >= 15 is 0 Å². The minimum absolute atomic E-state index is 0.0343. The summed E-state index contributed by atoms with van der Waals surface area (Å²) in [5, 5.41) is 2.53. The smallest absolute Gasteiger partial charge is 0.242 e. The molecular weight excluding hydrogens is 316 g/mol. The third-order valence-corrected chi connectivity index (χ3v) is 4.10. The van der Waals surface area contributed by atoms with E-state index in [4.69, 9.17) is 5.73 Å². The van der Waals surface area contributed by atoms with Crippen LogP contribution in [0.2, 0.25) is 0 Å². The first kappa shape index (κ1) is 18.3. The van der Waals surface area contributed by atoms with Crippen LogP contribution in [0, 0.1) is 17.6 Å². The largest absolute Gasteiger partial charge is 0.346 e. The summed E-state index contributed by atoms with van der Waals surface area (Å²) >= 11 is 0. The molecule has 3 N–H and O–H groups in total. The van der Waals surface area contributed by atoms with E-state index in [0.717, 1.165) is 25.0 Å². The van der Waals surface area contributed by atoms with Crippen molar-refractivity contribution in [3.8, 4) is 0 Å². The fraction of sp³-hybridized carbons (Fsp3) is 0.529. The Labute approximate surface area is 140 Å². The topological polar surface area (TPSA) is 75.4 Å². The lowest BCUT2D eigenvalue weighted by Gasteiger charge is -2.24. The van der Waals surface area contributed by atoms with Gasteiger partial charge in [-0.3, -0.25) is 9.59 Å². The van der Waals surface area contributed by atoms with Crippen molar-refractivity contribution in [3.63, 3.8) is 0 Å². The average molecular weight is 339 g/mol. The lowest BCUT2D eigenvalue weighted by atomic mass is 10.1. The molecule has 0 aromatic heterocycles. The van der Waals surface area contributed by atoms with Crippen molar-refractivity contribution in [2.24, 2.45) is 11.7 Å². The predicted molar refractivity (Wildman–Crippen MR) is 85.8 cm³/mol. The van der Waals surface area contributed by atoms with E-state index in [2.05, 4.69) is 5.32 Å². The molecule has 1 saturated carbocycles. The molecule has 2 amide bonds. The Morgan fingerprint density at radius 2 is 2.00 bits per heavy atom. The molecule has 1 aliphatic carbocycles. The van der Waals surface area contributed by atoms with E-state index in [9.17, 15) is 18.4 Å². The molecule has 1 aromatic rings. The van der Waals surface area contributed by atoms with Crippen LogP contribution < -0.4 is 11.1 Å². The molecule has 132 valence electrons. The number of halogens is 2. The van der Waals surface area contributed by atoms with Crippen LogP contribution in [-0.4, -0.2) is 35.3 Å². The number of amides is 2. The molecule has 0 bridgehead atoms. The van der Waals surface area contributed by atoms with Gasteiger partial charge in [0.25, 0.3) is 0 Å². The van der Waals surface area contributed by atoms with Crippen molar-refractivity contribution in [3.05, 3.63) is 35.4 Å². The Morgan fingerprint density at radius 3 is 2.54 bits per heavy atom. The third kappa shape index (κ3) is 4.74. The average Bonchev–Trinajstić information content (AvgIpc) is 3.35. The first-order valence-electron chi connectivity index (χ1n) is 8.06. The highest BCUT2D eigenvalue weighted by molar-refractivity contribution is 5.87. The highest BCUT2D eigenvalue weighted by Gasteiger charge is 2.33. The van der Waals surface area contributed by atoms with Crippen molar-refractivity contribution in [1.29, 1.82) is 0 Å². The maximum atomic E-state index is 13.8. The van der Waals surface area contributed by atoms with Gasteiger partial charge >= 0.3 is 0 Å². The molecule has 0 radical (unpaired) electrons. The van der Waals surface area contributed by atoms with Crippen molar-refractivity contribution >= 4 is 11.8 Å². The quantitative estimate of drug-likeness (QED) is 0.791. The maximum Gasteiger partial charge on any atom is 0.242 e. The van der Waals surface area contributed by atoms with Crippen molar-refractivity contribution in [2.45, 2.75) is 45.3 Å². The molecule has 0 spiro atoms. The van der Waals surface area contributed by atoms with Gasteiger partial charge in [0, 0.05) is 24.2 Å². The number of hydrogen-bond acceptors (Lipinski definition) is 3. The molecule has 0 aliphatic heterocycles. The van der Waals surface area contributed by atoms with Crippen LogP contribution in [0.4, 0.5) is 8.78 Å². The SMILES string of the molecule is CC(C)[C@H](N)C(=O)NCC(=O)N(Cc1ccc(F)cc1F)C1CC1. The first-order valence-corrected chi connectivity index (χ1v) is 8.06. The number of carbonyl (C=O) groups excluding carboxylic acids is 2. The van der Waals surface area contributed by atoms with Crippen LogP contribution in [0.3, 0.4) is 0 Å². The minimum Gasteiger partial charge on any atom is -0.346 e. The van der Waals surface area contributed by atoms with Crippen LogP contribution in [-0.2, 0) is 16.1 Å². The zero-order valence-corrected chi connectivity index (χ0v) is 13.9. The Hall–Kier alpha value is -2.02. The van der Waals surface area contributed by atoms with Gasteiger partial charge in [-0.1, -0.05) is 19.9 Å². The zero-order valence-electron chi connectivity index (χ0n) is 13.9. The number of hydrogen-bond donors (Lipinski definition) is 2. The highest BCUT2D eigenvalue weighted by Crippen LogP contribution is 2.29. The van der Waals surface area contributed by atoms with E-state index in [0.29, 0.717) is 0 Å². The number of nitrogens with one attached hydrogen (secondary N) is 1. The summed E-state index contributed by atoms with van der Waals surface area (Å²) in [7, 11) is 0. The first-order chi connectivity index (χ1) is 11.3. The standard InChI is InChI=1S/C17H23F2N3O2/c1-10(2)16(20)17(24)21-8-15(23)22(13-5-6-13)9-11-3-4-12(18)7-14(11)19/h3-4,7,10,13,16H,5-6,8-9,20H2,1-2H3,(H,21,24)/t16-/m0/s1. The fourth-order valence-electron chi connectivity index (χ4n) is 2.33. The van der Waals surface area contributed by atoms with Crippen LogP contribution >= 0.6 is 0 Å². The van der Waals surface area contributed by atoms with E-state index in [-0.39, 0.29) is 42.4 Å². The van der Waals surface area contributed by atoms with Gasteiger partial charge in [-0.05, 0) is 24.8 Å². The monoisotopic (exact) mass is 339 g/mol. The molecule has 1 atom stereocenters. The summed E-state index contributed by atoms with van der Waals surface area (Å²) < 4.78 is 26.8. The van der Waals surface area contributed by atoms with Gasteiger partial charge in [-0.2, -0.15) is 0 Å². The van der Waals surface area contributed by atoms with Crippen LogP contribution in [0.5, 0.6) is 0 Å². The van der Waals surface area contributed by atoms with E-state index in [1.165, 1.54) is 11.0 Å². The summed E-state index contributed by atoms with van der Waals surface area (Å²) in [5.74, 6) is -2.06. The number of rotatable bonds is 7. The maximum absolute atomic E-state index is 13.8. The summed E-state index contributed by atoms with van der Waals surface area (Å²) in [6, 6.07) is 2.66. The second-order valence-electron chi connectivity index (χ2n) is 6.48. The molecule has 1 fully saturated rings. The Kier molecular flexibility index (Phi) is 5.88. The number of benzene rings is 1. The van der Waals surface area contributed by atoms with Gasteiger partial charge in [0.05, 0.1) is 12.6 Å². The van der Waals surface area contributed by atoms with Gasteiger partial charge in [-0.25, -0.2) is 8.78 Å². The molecule has 0 saturated heterocycles. The van der Waals surface area contributed by atoms with Crippen molar-refractivity contribution < 1.29 is 18.4 Å². The molecule has 24 heavy (non-hydrogen) atoms. The van der Waals surface area contributed by atoms with Crippen LogP contribution in [0.25, 0.3) is 0 Å². The molecule has 0 heterocycles. The van der Waals surface area contributed by atoms with E-state index < -0.39 is 17.7 Å². The molecular formula is C17H23F2N3O2. The van der Waals surface area contributed by atoms with Gasteiger partial charge in [0.15, 0.2) is 0 Å². The van der Waals surface area contributed by atoms with Crippen LogP contribution in [0.15, 0.2) is 18.2 Å². The Bertz CT molecular complexity index is 618. The van der Waals surface area contributed by atoms with Gasteiger partial charge in [0.1, 0.15) is 11.6 Å². The summed E-state index contributed by atoms with van der Waals surface area (Å²) in [4.78, 5) is 25.7. The van der Waals surface area contributed by atoms with Crippen molar-refractivity contribution in [2.75, 3.05) is 6.54 Å². The molecule has 1 aromatic carbocycles.